The standard InChI is InChI=1S/C13H17N5OS/c1-4-18(3)13-17-11(14)10(20-13)12(19)16-9-5-8(2)6-15-7-9/h5-7H,4,14H2,1-3H3,(H,16,19). The third kappa shape index (κ3) is 3.05. The molecule has 0 unspecified atom stereocenters. The van der Waals surface area contributed by atoms with Gasteiger partial charge in [0.1, 0.15) is 10.7 Å². The second kappa shape index (κ2) is 5.87. The number of nitrogens with one attached hydrogen (secondary N) is 1. The topological polar surface area (TPSA) is 84.1 Å². The number of nitrogen functional groups attached to an aromatic ring is 1. The predicted molar refractivity (Wildman–Crippen MR) is 82.4 cm³/mol. The molecule has 6 nitrogen and oxygen atoms in total. The van der Waals surface area contributed by atoms with E-state index in [1.165, 1.54) is 11.3 Å². The number of nitrogens with zero attached hydrogens (tertiary/aromatic N) is 3. The molecule has 20 heavy (non-hydrogen) atoms. The van der Waals surface area contributed by atoms with Crippen molar-refractivity contribution in [1.29, 1.82) is 0 Å². The van der Waals surface area contributed by atoms with Crippen molar-refractivity contribution in [2.24, 2.45) is 0 Å². The van der Waals surface area contributed by atoms with Gasteiger partial charge in [-0.1, -0.05) is 11.3 Å². The molecule has 3 N–H and O–H groups in total. The Balaban J connectivity index is 2.19. The van der Waals surface area contributed by atoms with Crippen LogP contribution in [0, 0.1) is 6.92 Å². The average molecular weight is 291 g/mol. The van der Waals surface area contributed by atoms with E-state index in [4.69, 9.17) is 5.73 Å². The summed E-state index contributed by atoms with van der Waals surface area (Å²) in [4.78, 5) is 22.8. The molecular weight excluding hydrogens is 274 g/mol. The Hall–Kier alpha value is -2.15. The zero-order valence-corrected chi connectivity index (χ0v) is 12.5. The fourth-order valence-electron chi connectivity index (χ4n) is 1.59. The van der Waals surface area contributed by atoms with E-state index >= 15 is 0 Å². The Morgan fingerprint density at radius 3 is 2.90 bits per heavy atom. The summed E-state index contributed by atoms with van der Waals surface area (Å²) in [5.74, 6) is -0.00781. The molecule has 0 atom stereocenters. The Labute approximate surface area is 121 Å². The second-order valence-corrected chi connectivity index (χ2v) is 5.41. The summed E-state index contributed by atoms with van der Waals surface area (Å²) in [7, 11) is 1.91. The number of carbonyl (C=O) groups is 1. The Kier molecular flexibility index (Phi) is 4.19. The molecule has 0 aliphatic heterocycles. The second-order valence-electron chi connectivity index (χ2n) is 4.43. The fraction of sp³-hybridized carbons (Fsp3) is 0.308. The zero-order valence-electron chi connectivity index (χ0n) is 11.7. The van der Waals surface area contributed by atoms with Gasteiger partial charge in [0.25, 0.3) is 5.91 Å². The largest absolute Gasteiger partial charge is 0.382 e. The van der Waals surface area contributed by atoms with Gasteiger partial charge in [-0.15, -0.1) is 0 Å². The molecule has 7 heteroatoms. The molecule has 1 amide bonds. The first kappa shape index (κ1) is 14.3. The number of hydrogen-bond acceptors (Lipinski definition) is 6. The van der Waals surface area contributed by atoms with Gasteiger partial charge in [0.15, 0.2) is 5.13 Å². The number of rotatable bonds is 4. The van der Waals surface area contributed by atoms with Crippen LogP contribution in [0.25, 0.3) is 0 Å². The van der Waals surface area contributed by atoms with Crippen LogP contribution in [0.1, 0.15) is 22.2 Å². The maximum absolute atomic E-state index is 12.2. The number of nitrogens with two attached hydrogens (primary N) is 1. The summed E-state index contributed by atoms with van der Waals surface area (Å²) in [6.45, 7) is 4.73. The molecule has 106 valence electrons. The van der Waals surface area contributed by atoms with Crippen molar-refractivity contribution >= 4 is 33.9 Å². The Morgan fingerprint density at radius 1 is 1.50 bits per heavy atom. The molecule has 0 bridgehead atoms. The first-order chi connectivity index (χ1) is 9.51. The SMILES string of the molecule is CCN(C)c1nc(N)c(C(=O)Nc2cncc(C)c2)s1. The van der Waals surface area contributed by atoms with Gasteiger partial charge in [-0.2, -0.15) is 0 Å². The van der Waals surface area contributed by atoms with Crippen LogP contribution in [-0.4, -0.2) is 29.5 Å². The van der Waals surface area contributed by atoms with E-state index in [1.807, 2.05) is 31.9 Å². The summed E-state index contributed by atoms with van der Waals surface area (Å²) in [6, 6.07) is 1.85. The minimum Gasteiger partial charge on any atom is -0.382 e. The summed E-state index contributed by atoms with van der Waals surface area (Å²) in [6.07, 6.45) is 3.33. The summed E-state index contributed by atoms with van der Waals surface area (Å²) < 4.78 is 0. The number of carbonyl (C=O) groups excluding carboxylic acids is 1. The highest BCUT2D eigenvalue weighted by Crippen LogP contribution is 2.28. The van der Waals surface area contributed by atoms with Gasteiger partial charge in [-0.05, 0) is 25.5 Å². The lowest BCUT2D eigenvalue weighted by molar-refractivity contribution is 0.103. The maximum Gasteiger partial charge on any atom is 0.269 e. The van der Waals surface area contributed by atoms with Crippen LogP contribution in [0.2, 0.25) is 0 Å². The zero-order chi connectivity index (χ0) is 14.7. The Morgan fingerprint density at radius 2 is 2.25 bits per heavy atom. The molecule has 0 aromatic carbocycles. The number of pyridine rings is 1. The summed E-state index contributed by atoms with van der Waals surface area (Å²) in [5, 5.41) is 3.51. The van der Waals surface area contributed by atoms with E-state index in [-0.39, 0.29) is 11.7 Å². The van der Waals surface area contributed by atoms with Crippen LogP contribution in [0.5, 0.6) is 0 Å². The molecule has 0 aliphatic rings. The minimum absolute atomic E-state index is 0.253. The molecule has 2 rings (SSSR count). The van der Waals surface area contributed by atoms with Crippen LogP contribution in [0.3, 0.4) is 0 Å². The molecule has 0 saturated carbocycles. The van der Waals surface area contributed by atoms with Gasteiger partial charge >= 0.3 is 0 Å². The first-order valence-electron chi connectivity index (χ1n) is 6.21. The Bertz CT molecular complexity index is 625. The van der Waals surface area contributed by atoms with Crippen molar-refractivity contribution in [2.45, 2.75) is 13.8 Å². The normalized spacial score (nSPS) is 10.3. The van der Waals surface area contributed by atoms with E-state index in [0.29, 0.717) is 10.6 Å². The van der Waals surface area contributed by atoms with Gasteiger partial charge in [0.05, 0.1) is 11.9 Å². The number of aryl methyl sites for hydroxylation is 1. The lowest BCUT2D eigenvalue weighted by Crippen LogP contribution is -2.15. The first-order valence-corrected chi connectivity index (χ1v) is 7.03. The molecular formula is C13H17N5OS. The molecule has 0 aliphatic carbocycles. The number of thiazole rings is 1. The van der Waals surface area contributed by atoms with Crippen LogP contribution in [0.4, 0.5) is 16.6 Å². The summed E-state index contributed by atoms with van der Waals surface area (Å²) in [5.41, 5.74) is 7.44. The quantitative estimate of drug-likeness (QED) is 0.901. The van der Waals surface area contributed by atoms with Crippen LogP contribution >= 0.6 is 11.3 Å². The van der Waals surface area contributed by atoms with Crippen molar-refractivity contribution in [2.75, 3.05) is 29.5 Å². The maximum atomic E-state index is 12.2. The highest BCUT2D eigenvalue weighted by Gasteiger charge is 2.17. The minimum atomic E-state index is -0.261. The highest BCUT2D eigenvalue weighted by atomic mass is 32.1. The molecule has 2 heterocycles. The van der Waals surface area contributed by atoms with Crippen molar-refractivity contribution in [3.8, 4) is 0 Å². The number of anilines is 3. The number of hydrogen-bond donors (Lipinski definition) is 2. The van der Waals surface area contributed by atoms with E-state index in [0.717, 1.165) is 17.2 Å². The lowest BCUT2D eigenvalue weighted by atomic mass is 10.3. The monoisotopic (exact) mass is 291 g/mol. The predicted octanol–water partition coefficient (Wildman–Crippen LogP) is 2.14. The van der Waals surface area contributed by atoms with Crippen LogP contribution in [0.15, 0.2) is 18.5 Å². The molecule has 0 spiro atoms. The van der Waals surface area contributed by atoms with E-state index in [9.17, 15) is 4.79 Å². The molecule has 2 aromatic rings. The molecule has 0 fully saturated rings. The van der Waals surface area contributed by atoms with Crippen molar-refractivity contribution in [3.63, 3.8) is 0 Å². The lowest BCUT2D eigenvalue weighted by Gasteiger charge is -2.10. The molecule has 2 aromatic heterocycles. The van der Waals surface area contributed by atoms with E-state index in [1.54, 1.807) is 12.4 Å². The van der Waals surface area contributed by atoms with Gasteiger partial charge in [-0.3, -0.25) is 9.78 Å². The fourth-order valence-corrected chi connectivity index (χ4v) is 2.50. The van der Waals surface area contributed by atoms with Crippen molar-refractivity contribution in [3.05, 3.63) is 28.9 Å². The molecule has 0 radical (unpaired) electrons. The number of amides is 1. The van der Waals surface area contributed by atoms with Crippen molar-refractivity contribution in [1.82, 2.24) is 9.97 Å². The average Bonchev–Trinajstić information content (AvgIpc) is 2.80. The van der Waals surface area contributed by atoms with Crippen molar-refractivity contribution < 1.29 is 4.79 Å². The number of aromatic nitrogens is 2. The van der Waals surface area contributed by atoms with Gasteiger partial charge < -0.3 is 16.0 Å². The van der Waals surface area contributed by atoms with Gasteiger partial charge in [0, 0.05) is 19.8 Å². The smallest absolute Gasteiger partial charge is 0.269 e. The third-order valence-electron chi connectivity index (χ3n) is 2.78. The van der Waals surface area contributed by atoms with Crippen LogP contribution in [-0.2, 0) is 0 Å². The van der Waals surface area contributed by atoms with Crippen LogP contribution < -0.4 is 16.0 Å². The van der Waals surface area contributed by atoms with E-state index in [2.05, 4.69) is 15.3 Å². The molecule has 0 saturated heterocycles. The third-order valence-corrected chi connectivity index (χ3v) is 3.97. The van der Waals surface area contributed by atoms with Gasteiger partial charge in [0.2, 0.25) is 0 Å². The van der Waals surface area contributed by atoms with E-state index < -0.39 is 0 Å². The van der Waals surface area contributed by atoms with Gasteiger partial charge in [-0.25, -0.2) is 4.98 Å². The highest BCUT2D eigenvalue weighted by molar-refractivity contribution is 7.18. The summed E-state index contributed by atoms with van der Waals surface area (Å²) >= 11 is 1.28.